The molecule has 0 heterocycles. The monoisotopic (exact) mass is 1080 g/mol. The predicted molar refractivity (Wildman–Crippen MR) is 276 cm³/mol. The van der Waals surface area contributed by atoms with Crippen molar-refractivity contribution in [1.29, 1.82) is 0 Å². The zero-order valence-electron chi connectivity index (χ0n) is 45.9. The van der Waals surface area contributed by atoms with Gasteiger partial charge in [-0.3, -0.25) is 0 Å². The molecule has 4 aliphatic rings. The number of carbonyl (C=O) groups excluding carboxylic acids is 6. The van der Waals surface area contributed by atoms with Crippen molar-refractivity contribution in [2.75, 3.05) is 107 Å². The van der Waals surface area contributed by atoms with E-state index in [1.807, 2.05) is 0 Å². The Morgan fingerprint density at radius 3 is 0.816 bits per heavy atom. The Bertz CT molecular complexity index is 1650. The Hall–Kier alpha value is -4.54. The third kappa shape index (κ3) is 22.1. The molecule has 20 heteroatoms. The molecule has 0 spiro atoms. The van der Waals surface area contributed by atoms with E-state index < -0.39 is 36.1 Å². The molecule has 10 unspecified atom stereocenters. The van der Waals surface area contributed by atoms with E-state index in [9.17, 15) is 28.8 Å². The van der Waals surface area contributed by atoms with Crippen LogP contribution in [-0.4, -0.2) is 179 Å². The number of esters is 6. The summed E-state index contributed by atoms with van der Waals surface area (Å²) in [5, 5.41) is 0. The first-order valence-electron chi connectivity index (χ1n) is 26.9. The third-order valence-corrected chi connectivity index (χ3v) is 14.5. The van der Waals surface area contributed by atoms with Crippen LogP contribution in [0.25, 0.3) is 0 Å². The van der Waals surface area contributed by atoms with Crippen LogP contribution in [0.5, 0.6) is 0 Å². The molecule has 0 aliphatic heterocycles. The average Bonchev–Trinajstić information content (AvgIpc) is 4.16. The van der Waals surface area contributed by atoms with Crippen LogP contribution in [0.2, 0.25) is 0 Å². The lowest BCUT2D eigenvalue weighted by Gasteiger charge is -2.25. The normalized spacial score (nSPS) is 26.1. The highest BCUT2D eigenvalue weighted by molar-refractivity contribution is 5.73. The summed E-state index contributed by atoms with van der Waals surface area (Å²) in [5.74, 6) is -0.939. The molecular formula is C56H88O20. The fraction of sp³-hybridized carbons (Fsp3) is 0.750. The van der Waals surface area contributed by atoms with E-state index >= 15 is 0 Å². The van der Waals surface area contributed by atoms with Crippen molar-refractivity contribution in [3.05, 3.63) is 50.6 Å². The minimum Gasteiger partial charge on any atom is -0.460 e. The van der Waals surface area contributed by atoms with Gasteiger partial charge >= 0.3 is 35.8 Å². The molecule has 0 bridgehead atoms. The number of rotatable bonds is 38. The van der Waals surface area contributed by atoms with Gasteiger partial charge in [0.1, 0.15) is 76.3 Å². The zero-order chi connectivity index (χ0) is 55.8. The quantitative estimate of drug-likeness (QED) is 0.0309. The number of methoxy groups -OCH3 is 2. The second-order valence-electron chi connectivity index (χ2n) is 19.2. The summed E-state index contributed by atoms with van der Waals surface area (Å²) in [6.45, 7) is 23.5. The van der Waals surface area contributed by atoms with Crippen LogP contribution in [0.15, 0.2) is 50.6 Å². The molecule has 0 aromatic rings. The molecule has 76 heavy (non-hydrogen) atoms. The molecule has 0 aromatic heterocycles. The van der Waals surface area contributed by atoms with Crippen molar-refractivity contribution in [3.63, 3.8) is 0 Å². The lowest BCUT2D eigenvalue weighted by Crippen LogP contribution is -2.31. The Kier molecular flexibility index (Phi) is 32.3. The van der Waals surface area contributed by atoms with Crippen molar-refractivity contribution in [2.24, 2.45) is 47.3 Å². The Balaban J connectivity index is 0.000000513. The van der Waals surface area contributed by atoms with Gasteiger partial charge in [-0.25, -0.2) is 28.8 Å². The molecule has 4 fully saturated rings. The van der Waals surface area contributed by atoms with Crippen molar-refractivity contribution < 1.29 is 95.1 Å². The summed E-state index contributed by atoms with van der Waals surface area (Å²) < 4.78 is 75.5. The topological polar surface area (TPSA) is 232 Å². The Morgan fingerprint density at radius 1 is 0.368 bits per heavy atom. The van der Waals surface area contributed by atoms with Crippen LogP contribution >= 0.6 is 0 Å². The Morgan fingerprint density at radius 2 is 0.592 bits per heavy atom. The van der Waals surface area contributed by atoms with E-state index in [2.05, 4.69) is 54.0 Å². The van der Waals surface area contributed by atoms with E-state index in [0.29, 0.717) is 0 Å². The number of carbonyl (C=O) groups is 6. The SMILES string of the molecule is C=CC(C=C)OC(=O)COCCOCCOCC(=O)OC(C=C)C=C.CCC1CC2C(CC(CC)[C@@H]2OC(=O)COC)C1OC(=O)COCCOCCOCC(=O)OC1C(CC)CC2C1CC(CC)[C@@H]2OC(=O)COC. The smallest absolute Gasteiger partial charge is 0.332 e. The van der Waals surface area contributed by atoms with Crippen LogP contribution in [0.3, 0.4) is 0 Å². The number of ether oxygens (including phenoxy) is 14. The summed E-state index contributed by atoms with van der Waals surface area (Å²) in [5.41, 5.74) is 0. The summed E-state index contributed by atoms with van der Waals surface area (Å²) in [7, 11) is 2.96. The van der Waals surface area contributed by atoms with Crippen LogP contribution < -0.4 is 0 Å². The fourth-order valence-corrected chi connectivity index (χ4v) is 10.9. The second kappa shape index (κ2) is 37.3. The summed E-state index contributed by atoms with van der Waals surface area (Å²) in [6, 6.07) is 0. The first-order chi connectivity index (χ1) is 36.7. The third-order valence-electron chi connectivity index (χ3n) is 14.5. The summed E-state index contributed by atoms with van der Waals surface area (Å²) in [4.78, 5) is 72.6. The van der Waals surface area contributed by atoms with Gasteiger partial charge in [0.25, 0.3) is 0 Å². The molecule has 4 aliphatic carbocycles. The van der Waals surface area contributed by atoms with Gasteiger partial charge < -0.3 is 66.3 Å². The maximum atomic E-state index is 12.7. The van der Waals surface area contributed by atoms with Gasteiger partial charge in [0, 0.05) is 37.9 Å². The van der Waals surface area contributed by atoms with Crippen molar-refractivity contribution in [1.82, 2.24) is 0 Å². The van der Waals surface area contributed by atoms with E-state index in [1.54, 1.807) is 0 Å². The van der Waals surface area contributed by atoms with Crippen molar-refractivity contribution >= 4 is 35.8 Å². The molecular weight excluding hydrogens is 993 g/mol. The van der Waals surface area contributed by atoms with Gasteiger partial charge in [0.15, 0.2) is 0 Å². The van der Waals surface area contributed by atoms with E-state index in [4.69, 9.17) is 66.3 Å². The number of hydrogen-bond donors (Lipinski definition) is 0. The largest absolute Gasteiger partial charge is 0.460 e. The highest BCUT2D eigenvalue weighted by Crippen LogP contribution is 2.54. The van der Waals surface area contributed by atoms with E-state index in [1.165, 1.54) is 38.5 Å². The van der Waals surface area contributed by atoms with Gasteiger partial charge in [-0.1, -0.05) is 54.0 Å². The van der Waals surface area contributed by atoms with Crippen LogP contribution in [0, 0.1) is 47.3 Å². The van der Waals surface area contributed by atoms with Crippen LogP contribution in [-0.2, 0) is 95.1 Å². The molecule has 4 rings (SSSR count). The van der Waals surface area contributed by atoms with Gasteiger partial charge in [-0.15, -0.1) is 0 Å². The average molecular weight is 1080 g/mol. The molecule has 432 valence electrons. The maximum absolute atomic E-state index is 12.7. The Labute approximate surface area is 450 Å². The highest BCUT2D eigenvalue weighted by Gasteiger charge is 2.57. The second-order valence-corrected chi connectivity index (χ2v) is 19.2. The van der Waals surface area contributed by atoms with E-state index in [-0.39, 0.29) is 176 Å². The molecule has 0 N–H and O–H groups in total. The first kappa shape index (κ1) is 65.7. The maximum Gasteiger partial charge on any atom is 0.332 e. The summed E-state index contributed by atoms with van der Waals surface area (Å²) in [6.07, 6.45) is 11.0. The molecule has 0 aromatic carbocycles. The minimum atomic E-state index is -0.524. The molecule has 12 atom stereocenters. The lowest BCUT2D eigenvalue weighted by molar-refractivity contribution is -0.161. The van der Waals surface area contributed by atoms with Crippen LogP contribution in [0.1, 0.15) is 79.1 Å². The molecule has 0 amide bonds. The molecule has 20 nitrogen and oxygen atoms in total. The zero-order valence-corrected chi connectivity index (χ0v) is 45.9. The lowest BCUT2D eigenvalue weighted by atomic mass is 9.92. The summed E-state index contributed by atoms with van der Waals surface area (Å²) >= 11 is 0. The predicted octanol–water partition coefficient (Wildman–Crippen LogP) is 5.76. The van der Waals surface area contributed by atoms with Gasteiger partial charge in [-0.2, -0.15) is 0 Å². The standard InChI is InChI=1S/C38H62O13.C18H26O7/c1-7-23-15-29-27(35(23)48-31(39)19-43-5)17-25(9-3)37(29)50-33(41)21-46-13-11-45-12-14-47-22-34(42)51-38-26(10-4)18-28-30(38)16-24(8-2)36(28)49-32(40)20-44-6;1-5-15(6-2)24-17(19)13-22-11-9-21-10-12-23-14-18(20)25-16(7-3)8-4/h23-30,35-38H,7-22H2,1-6H3;5-8,15-16H,1-4,9-14H2/t23?,24?,25?,26?,27?,28?,29?,30?,35-,36-,37?,38?;/m0./s1. The molecule has 4 saturated carbocycles. The van der Waals surface area contributed by atoms with Gasteiger partial charge in [0.2, 0.25) is 0 Å². The van der Waals surface area contributed by atoms with E-state index in [0.717, 1.165) is 51.4 Å². The number of hydrogen-bond acceptors (Lipinski definition) is 20. The fourth-order valence-electron chi connectivity index (χ4n) is 10.9. The van der Waals surface area contributed by atoms with Gasteiger partial charge in [0.05, 0.1) is 52.9 Å². The molecule has 0 saturated heterocycles. The molecule has 0 radical (unpaired) electrons. The van der Waals surface area contributed by atoms with Crippen LogP contribution in [0.4, 0.5) is 0 Å². The minimum absolute atomic E-state index is 0.0667. The van der Waals surface area contributed by atoms with Crippen molar-refractivity contribution in [2.45, 2.75) is 116 Å². The highest BCUT2D eigenvalue weighted by atomic mass is 16.6. The first-order valence-corrected chi connectivity index (χ1v) is 26.9. The van der Waals surface area contributed by atoms with Crippen molar-refractivity contribution in [3.8, 4) is 0 Å². The number of fused-ring (bicyclic) bond motifs is 2. The van der Waals surface area contributed by atoms with Gasteiger partial charge in [-0.05, 0) is 99.3 Å².